The van der Waals surface area contributed by atoms with Crippen molar-refractivity contribution in [3.8, 4) is 0 Å². The third kappa shape index (κ3) is 3.57. The molecule has 7 nitrogen and oxygen atoms in total. The quantitative estimate of drug-likeness (QED) is 0.892. The van der Waals surface area contributed by atoms with Gasteiger partial charge in [0.15, 0.2) is 0 Å². The second-order valence-corrected chi connectivity index (χ2v) is 7.32. The predicted octanol–water partition coefficient (Wildman–Crippen LogP) is 2.29. The maximum absolute atomic E-state index is 12.7. The van der Waals surface area contributed by atoms with E-state index in [1.165, 1.54) is 0 Å². The van der Waals surface area contributed by atoms with Crippen molar-refractivity contribution < 1.29 is 19.4 Å². The molecule has 27 heavy (non-hydrogen) atoms. The van der Waals surface area contributed by atoms with Crippen molar-refractivity contribution in [3.63, 3.8) is 0 Å². The Labute approximate surface area is 158 Å². The van der Waals surface area contributed by atoms with Crippen molar-refractivity contribution in [1.29, 1.82) is 0 Å². The molecule has 2 unspecified atom stereocenters. The van der Waals surface area contributed by atoms with Gasteiger partial charge in [0.25, 0.3) is 0 Å². The van der Waals surface area contributed by atoms with Crippen molar-refractivity contribution >= 4 is 6.09 Å². The normalized spacial score (nSPS) is 27.4. The molecule has 1 amide bonds. The zero-order valence-electron chi connectivity index (χ0n) is 15.5. The Bertz CT molecular complexity index is 778. The first kappa shape index (κ1) is 18.0. The van der Waals surface area contributed by atoms with Gasteiger partial charge in [-0.25, -0.2) is 4.79 Å². The molecule has 2 bridgehead atoms. The third-order valence-electron chi connectivity index (χ3n) is 5.46. The average Bonchev–Trinajstić information content (AvgIpc) is 3.16. The van der Waals surface area contributed by atoms with Crippen LogP contribution in [-0.4, -0.2) is 51.2 Å². The van der Waals surface area contributed by atoms with Crippen molar-refractivity contribution in [2.75, 3.05) is 13.2 Å². The van der Waals surface area contributed by atoms with Crippen LogP contribution in [0.3, 0.4) is 0 Å². The molecular formula is C20H25N3O4. The summed E-state index contributed by atoms with van der Waals surface area (Å²) in [6.07, 6.45) is 4.10. The fourth-order valence-electron chi connectivity index (χ4n) is 4.08. The number of nitrogens with zero attached hydrogens (tertiary/aromatic N) is 3. The van der Waals surface area contributed by atoms with E-state index in [4.69, 9.17) is 9.47 Å². The lowest BCUT2D eigenvalue weighted by atomic mass is 9.78. The number of fused-ring (bicyclic) bond motifs is 2. The number of morpholine rings is 1. The van der Waals surface area contributed by atoms with Crippen LogP contribution in [0.2, 0.25) is 0 Å². The lowest BCUT2D eigenvalue weighted by Crippen LogP contribution is -2.62. The molecule has 144 valence electrons. The summed E-state index contributed by atoms with van der Waals surface area (Å²) in [6, 6.07) is 9.20. The molecule has 7 heteroatoms. The number of hydrogen-bond acceptors (Lipinski definition) is 5. The third-order valence-corrected chi connectivity index (χ3v) is 5.46. The maximum atomic E-state index is 12.7. The minimum Gasteiger partial charge on any atom is -0.445 e. The first-order valence-corrected chi connectivity index (χ1v) is 9.41. The molecule has 0 saturated carbocycles. The van der Waals surface area contributed by atoms with E-state index in [1.807, 2.05) is 43.5 Å². The van der Waals surface area contributed by atoms with Gasteiger partial charge in [-0.15, -0.1) is 0 Å². The molecule has 2 atom stereocenters. The molecule has 1 aromatic carbocycles. The van der Waals surface area contributed by atoms with Crippen LogP contribution in [0.15, 0.2) is 42.7 Å². The molecule has 3 heterocycles. The Kier molecular flexibility index (Phi) is 4.88. The van der Waals surface area contributed by atoms with E-state index in [-0.39, 0.29) is 24.8 Å². The standard InChI is InChI=1S/C20H25N3O4/c1-2-22-11-16(10-21-22)20(25)8-17-13-26-14-18(9-20)23(17)19(24)27-12-15-6-4-3-5-7-15/h3-7,10-11,17-18,25H,2,8-9,12-14H2,1H3. The molecule has 2 aromatic rings. The molecule has 2 saturated heterocycles. The Morgan fingerprint density at radius 3 is 2.63 bits per heavy atom. The van der Waals surface area contributed by atoms with E-state index in [0.717, 1.165) is 17.7 Å². The molecule has 0 spiro atoms. The molecule has 2 aliphatic heterocycles. The van der Waals surface area contributed by atoms with Gasteiger partial charge in [-0.3, -0.25) is 9.58 Å². The Morgan fingerprint density at radius 2 is 2.00 bits per heavy atom. The highest BCUT2D eigenvalue weighted by Crippen LogP contribution is 2.41. The summed E-state index contributed by atoms with van der Waals surface area (Å²) in [5.74, 6) is 0. The number of carbonyl (C=O) groups excluding carboxylic acids is 1. The van der Waals surface area contributed by atoms with E-state index >= 15 is 0 Å². The van der Waals surface area contributed by atoms with E-state index < -0.39 is 5.60 Å². The van der Waals surface area contributed by atoms with E-state index in [2.05, 4.69) is 5.10 Å². The van der Waals surface area contributed by atoms with Gasteiger partial charge in [0, 0.05) is 31.1 Å². The van der Waals surface area contributed by atoms with Crippen LogP contribution >= 0.6 is 0 Å². The van der Waals surface area contributed by atoms with Crippen molar-refractivity contribution in [2.45, 2.75) is 50.6 Å². The zero-order valence-corrected chi connectivity index (χ0v) is 15.5. The molecule has 2 aliphatic rings. The summed E-state index contributed by atoms with van der Waals surface area (Å²) in [6.45, 7) is 3.81. The minimum atomic E-state index is -0.997. The summed E-state index contributed by atoms with van der Waals surface area (Å²) in [7, 11) is 0. The molecule has 4 rings (SSSR count). The average molecular weight is 371 g/mol. The predicted molar refractivity (Wildman–Crippen MR) is 97.9 cm³/mol. The van der Waals surface area contributed by atoms with Crippen LogP contribution in [0.1, 0.15) is 30.9 Å². The van der Waals surface area contributed by atoms with Gasteiger partial charge >= 0.3 is 6.09 Å². The summed E-state index contributed by atoms with van der Waals surface area (Å²) >= 11 is 0. The van der Waals surface area contributed by atoms with E-state index in [0.29, 0.717) is 26.1 Å². The SMILES string of the molecule is CCn1cc(C2(O)CC3COCC(C2)N3C(=O)OCc2ccccc2)cn1. The Morgan fingerprint density at radius 1 is 1.30 bits per heavy atom. The Hall–Kier alpha value is -2.38. The second kappa shape index (κ2) is 7.32. The van der Waals surface area contributed by atoms with Crippen molar-refractivity contribution in [1.82, 2.24) is 14.7 Å². The fourth-order valence-corrected chi connectivity index (χ4v) is 4.08. The Balaban J connectivity index is 1.47. The number of ether oxygens (including phenoxy) is 2. The number of carbonyl (C=O) groups is 1. The van der Waals surface area contributed by atoms with Crippen LogP contribution in [0.4, 0.5) is 4.79 Å². The zero-order chi connectivity index (χ0) is 18.9. The molecule has 0 aliphatic carbocycles. The van der Waals surface area contributed by atoms with E-state index in [1.54, 1.807) is 15.8 Å². The van der Waals surface area contributed by atoms with Crippen molar-refractivity contribution in [2.24, 2.45) is 0 Å². The van der Waals surface area contributed by atoms with Gasteiger partial charge in [0.2, 0.25) is 0 Å². The number of aromatic nitrogens is 2. The first-order valence-electron chi connectivity index (χ1n) is 9.41. The lowest BCUT2D eigenvalue weighted by molar-refractivity contribution is -0.137. The highest BCUT2D eigenvalue weighted by molar-refractivity contribution is 5.69. The lowest BCUT2D eigenvalue weighted by Gasteiger charge is -2.50. The number of amides is 1. The monoisotopic (exact) mass is 371 g/mol. The van der Waals surface area contributed by atoms with Gasteiger partial charge in [-0.05, 0) is 12.5 Å². The minimum absolute atomic E-state index is 0.212. The molecule has 1 N–H and O–H groups in total. The number of aliphatic hydroxyl groups is 1. The van der Waals surface area contributed by atoms with Gasteiger partial charge < -0.3 is 14.6 Å². The van der Waals surface area contributed by atoms with Crippen LogP contribution in [0.25, 0.3) is 0 Å². The number of rotatable bonds is 4. The summed E-state index contributed by atoms with van der Waals surface area (Å²) in [5, 5.41) is 15.6. The van der Waals surface area contributed by atoms with Gasteiger partial charge in [-0.1, -0.05) is 30.3 Å². The van der Waals surface area contributed by atoms with Crippen LogP contribution in [-0.2, 0) is 28.2 Å². The van der Waals surface area contributed by atoms with Gasteiger partial charge in [0.05, 0.1) is 37.1 Å². The first-order chi connectivity index (χ1) is 13.1. The number of hydrogen-bond donors (Lipinski definition) is 1. The fraction of sp³-hybridized carbons (Fsp3) is 0.500. The van der Waals surface area contributed by atoms with Crippen LogP contribution in [0, 0.1) is 0 Å². The molecule has 1 aromatic heterocycles. The van der Waals surface area contributed by atoms with E-state index in [9.17, 15) is 9.90 Å². The van der Waals surface area contributed by atoms with Crippen LogP contribution < -0.4 is 0 Å². The number of piperidine rings is 1. The smallest absolute Gasteiger partial charge is 0.410 e. The van der Waals surface area contributed by atoms with Crippen LogP contribution in [0.5, 0.6) is 0 Å². The molecular weight excluding hydrogens is 346 g/mol. The van der Waals surface area contributed by atoms with Crippen molar-refractivity contribution in [3.05, 3.63) is 53.9 Å². The highest BCUT2D eigenvalue weighted by Gasteiger charge is 2.49. The topological polar surface area (TPSA) is 76.8 Å². The molecule has 2 fully saturated rings. The summed E-state index contributed by atoms with van der Waals surface area (Å²) < 4.78 is 13.0. The molecule has 0 radical (unpaired) electrons. The second-order valence-electron chi connectivity index (χ2n) is 7.32. The summed E-state index contributed by atoms with van der Waals surface area (Å²) in [5.41, 5.74) is 0.759. The van der Waals surface area contributed by atoms with Gasteiger partial charge in [-0.2, -0.15) is 5.10 Å². The van der Waals surface area contributed by atoms with Gasteiger partial charge in [0.1, 0.15) is 6.61 Å². The maximum Gasteiger partial charge on any atom is 0.410 e. The summed E-state index contributed by atoms with van der Waals surface area (Å²) in [4.78, 5) is 14.5. The number of benzene rings is 1. The highest BCUT2D eigenvalue weighted by atomic mass is 16.6. The largest absolute Gasteiger partial charge is 0.445 e. The number of aryl methyl sites for hydroxylation is 1.